The first-order valence-corrected chi connectivity index (χ1v) is 5.62. The predicted octanol–water partition coefficient (Wildman–Crippen LogP) is 3.00. The number of allylic oxidation sites excluding steroid dienone is 1. The molecule has 1 nitrogen and oxygen atoms in total. The minimum atomic E-state index is 0.369. The highest BCUT2D eigenvalue weighted by molar-refractivity contribution is 9.09. The summed E-state index contributed by atoms with van der Waals surface area (Å²) >= 11 is 3.59. The average molecular weight is 233 g/mol. The van der Waals surface area contributed by atoms with Crippen LogP contribution in [-0.4, -0.2) is 18.5 Å². The lowest BCUT2D eigenvalue weighted by atomic mass is 9.76. The van der Waals surface area contributed by atoms with Crippen molar-refractivity contribution in [2.75, 3.05) is 18.5 Å². The maximum atomic E-state index is 5.45. The van der Waals surface area contributed by atoms with Crippen molar-refractivity contribution in [1.82, 2.24) is 0 Å². The molecule has 1 aliphatic rings. The van der Waals surface area contributed by atoms with Crippen LogP contribution in [0.5, 0.6) is 0 Å². The molecule has 70 valence electrons. The lowest BCUT2D eigenvalue weighted by molar-refractivity contribution is 0.131. The maximum Gasteiger partial charge on any atom is 0.0533 e. The van der Waals surface area contributed by atoms with Gasteiger partial charge in [0.2, 0.25) is 0 Å². The van der Waals surface area contributed by atoms with Crippen LogP contribution in [0.2, 0.25) is 0 Å². The molecular weight excluding hydrogens is 216 g/mol. The zero-order chi connectivity index (χ0) is 9.03. The summed E-state index contributed by atoms with van der Waals surface area (Å²) in [5, 5.41) is 1.05. The van der Waals surface area contributed by atoms with Crippen LogP contribution >= 0.6 is 15.9 Å². The van der Waals surface area contributed by atoms with Gasteiger partial charge in [0.05, 0.1) is 6.61 Å². The van der Waals surface area contributed by atoms with Gasteiger partial charge >= 0.3 is 0 Å². The van der Waals surface area contributed by atoms with E-state index in [1.54, 1.807) is 0 Å². The first-order valence-electron chi connectivity index (χ1n) is 4.50. The second kappa shape index (κ2) is 4.43. The molecular formula is C10H17BrO. The van der Waals surface area contributed by atoms with Crippen LogP contribution in [0.15, 0.2) is 12.7 Å². The molecule has 0 aliphatic carbocycles. The van der Waals surface area contributed by atoms with Crippen molar-refractivity contribution in [3.8, 4) is 0 Å². The Hall–Kier alpha value is 0.180. The number of halogens is 1. The van der Waals surface area contributed by atoms with Gasteiger partial charge in [0.25, 0.3) is 0 Å². The SMILES string of the molecule is C=CCC(C)C1(CBr)CCOC1. The first kappa shape index (κ1) is 10.3. The number of hydrogen-bond donors (Lipinski definition) is 0. The number of rotatable bonds is 4. The van der Waals surface area contributed by atoms with Crippen molar-refractivity contribution < 1.29 is 4.74 Å². The summed E-state index contributed by atoms with van der Waals surface area (Å²) in [5.41, 5.74) is 0.369. The lowest BCUT2D eigenvalue weighted by Gasteiger charge is -2.31. The quantitative estimate of drug-likeness (QED) is 0.535. The molecule has 0 N–H and O–H groups in total. The van der Waals surface area contributed by atoms with Crippen molar-refractivity contribution >= 4 is 15.9 Å². The summed E-state index contributed by atoms with van der Waals surface area (Å²) in [4.78, 5) is 0. The van der Waals surface area contributed by atoms with Crippen molar-refractivity contribution in [3.63, 3.8) is 0 Å². The maximum absolute atomic E-state index is 5.45. The molecule has 0 bridgehead atoms. The normalized spacial score (nSPS) is 31.8. The van der Waals surface area contributed by atoms with Gasteiger partial charge in [0.1, 0.15) is 0 Å². The summed E-state index contributed by atoms with van der Waals surface area (Å²) in [6.45, 7) is 7.90. The standard InChI is InChI=1S/C10H17BrO/c1-3-4-9(2)10(7-11)5-6-12-8-10/h3,9H,1,4-8H2,2H3. The molecule has 0 aromatic carbocycles. The Morgan fingerprint density at radius 1 is 1.75 bits per heavy atom. The zero-order valence-corrected chi connectivity index (χ0v) is 9.27. The fourth-order valence-corrected chi connectivity index (χ4v) is 2.74. The summed E-state index contributed by atoms with van der Waals surface area (Å²) in [6, 6.07) is 0. The molecule has 1 rings (SSSR count). The molecule has 2 atom stereocenters. The number of ether oxygens (including phenoxy) is 1. The molecule has 0 aromatic rings. The largest absolute Gasteiger partial charge is 0.381 e. The molecule has 1 saturated heterocycles. The minimum absolute atomic E-state index is 0.369. The van der Waals surface area contributed by atoms with Crippen LogP contribution in [0.25, 0.3) is 0 Å². The minimum Gasteiger partial charge on any atom is -0.381 e. The van der Waals surface area contributed by atoms with Crippen LogP contribution in [0.1, 0.15) is 19.8 Å². The molecule has 0 spiro atoms. The van der Waals surface area contributed by atoms with Gasteiger partial charge in [0.15, 0.2) is 0 Å². The summed E-state index contributed by atoms with van der Waals surface area (Å²) < 4.78 is 5.45. The predicted molar refractivity (Wildman–Crippen MR) is 55.6 cm³/mol. The highest BCUT2D eigenvalue weighted by atomic mass is 79.9. The molecule has 1 aliphatic heterocycles. The highest BCUT2D eigenvalue weighted by Crippen LogP contribution is 2.39. The monoisotopic (exact) mass is 232 g/mol. The fourth-order valence-electron chi connectivity index (χ4n) is 1.75. The summed E-state index contributed by atoms with van der Waals surface area (Å²) in [7, 11) is 0. The van der Waals surface area contributed by atoms with E-state index in [1.807, 2.05) is 6.08 Å². The molecule has 0 amide bonds. The van der Waals surface area contributed by atoms with E-state index in [0.29, 0.717) is 11.3 Å². The average Bonchev–Trinajstić information content (AvgIpc) is 2.54. The van der Waals surface area contributed by atoms with Gasteiger partial charge in [-0.25, -0.2) is 0 Å². The van der Waals surface area contributed by atoms with Crippen molar-refractivity contribution in [2.45, 2.75) is 19.8 Å². The van der Waals surface area contributed by atoms with Gasteiger partial charge in [-0.15, -0.1) is 6.58 Å². The van der Waals surface area contributed by atoms with Crippen molar-refractivity contribution in [3.05, 3.63) is 12.7 Å². The first-order chi connectivity index (χ1) is 5.75. The van der Waals surface area contributed by atoms with Gasteiger partial charge in [-0.3, -0.25) is 0 Å². The van der Waals surface area contributed by atoms with Crippen LogP contribution in [0, 0.1) is 11.3 Å². The van der Waals surface area contributed by atoms with E-state index in [-0.39, 0.29) is 0 Å². The summed E-state index contributed by atoms with van der Waals surface area (Å²) in [6.07, 6.45) is 4.29. The summed E-state index contributed by atoms with van der Waals surface area (Å²) in [5.74, 6) is 0.678. The number of alkyl halides is 1. The van der Waals surface area contributed by atoms with Crippen LogP contribution in [0.4, 0.5) is 0 Å². The topological polar surface area (TPSA) is 9.23 Å². The van der Waals surface area contributed by atoms with Gasteiger partial charge < -0.3 is 4.74 Å². The Bertz CT molecular complexity index is 150. The molecule has 1 heterocycles. The van der Waals surface area contributed by atoms with Gasteiger partial charge in [0, 0.05) is 17.4 Å². The third kappa shape index (κ3) is 1.91. The van der Waals surface area contributed by atoms with E-state index in [0.717, 1.165) is 25.0 Å². The lowest BCUT2D eigenvalue weighted by Crippen LogP contribution is -2.30. The molecule has 1 fully saturated rings. The highest BCUT2D eigenvalue weighted by Gasteiger charge is 2.38. The second-order valence-corrected chi connectivity index (χ2v) is 4.28. The zero-order valence-electron chi connectivity index (χ0n) is 7.68. The fraction of sp³-hybridized carbons (Fsp3) is 0.800. The van der Waals surface area contributed by atoms with Gasteiger partial charge in [-0.2, -0.15) is 0 Å². The Kier molecular flexibility index (Phi) is 3.78. The molecule has 0 saturated carbocycles. The Morgan fingerprint density at radius 3 is 2.92 bits per heavy atom. The molecule has 0 aromatic heterocycles. The van der Waals surface area contributed by atoms with Gasteiger partial charge in [-0.05, 0) is 18.8 Å². The van der Waals surface area contributed by atoms with Crippen LogP contribution in [0.3, 0.4) is 0 Å². The number of hydrogen-bond acceptors (Lipinski definition) is 1. The van der Waals surface area contributed by atoms with Crippen molar-refractivity contribution in [2.24, 2.45) is 11.3 Å². The van der Waals surface area contributed by atoms with E-state index < -0.39 is 0 Å². The Morgan fingerprint density at radius 2 is 2.50 bits per heavy atom. The molecule has 2 heteroatoms. The van der Waals surface area contributed by atoms with E-state index in [4.69, 9.17) is 4.74 Å². The second-order valence-electron chi connectivity index (χ2n) is 3.72. The third-order valence-electron chi connectivity index (χ3n) is 2.97. The smallest absolute Gasteiger partial charge is 0.0533 e. The van der Waals surface area contributed by atoms with E-state index in [2.05, 4.69) is 29.4 Å². The molecule has 0 radical (unpaired) electrons. The van der Waals surface area contributed by atoms with E-state index in [9.17, 15) is 0 Å². The third-order valence-corrected chi connectivity index (χ3v) is 4.08. The van der Waals surface area contributed by atoms with Crippen LogP contribution in [-0.2, 0) is 4.74 Å². The molecule has 12 heavy (non-hydrogen) atoms. The molecule has 2 unspecified atom stereocenters. The van der Waals surface area contributed by atoms with E-state index >= 15 is 0 Å². The van der Waals surface area contributed by atoms with Crippen molar-refractivity contribution in [1.29, 1.82) is 0 Å². The Balaban J connectivity index is 2.58. The van der Waals surface area contributed by atoms with E-state index in [1.165, 1.54) is 6.42 Å². The Labute approximate surface area is 83.3 Å². The van der Waals surface area contributed by atoms with Crippen LogP contribution < -0.4 is 0 Å². The van der Waals surface area contributed by atoms with Gasteiger partial charge in [-0.1, -0.05) is 28.9 Å².